The van der Waals surface area contributed by atoms with Crippen molar-refractivity contribution in [1.29, 1.82) is 0 Å². The van der Waals surface area contributed by atoms with Crippen LogP contribution in [0.3, 0.4) is 0 Å². The van der Waals surface area contributed by atoms with Crippen LogP contribution in [-0.2, 0) is 9.47 Å². The summed E-state index contributed by atoms with van der Waals surface area (Å²) in [4.78, 5) is 70.5. The topological polar surface area (TPSA) is 202 Å². The fourth-order valence-corrected chi connectivity index (χ4v) is 2.81. The molecule has 2 aromatic carbocycles. The fourth-order valence-electron chi connectivity index (χ4n) is 2.81. The maximum Gasteiger partial charge on any atom is 0.342 e. The van der Waals surface area contributed by atoms with E-state index in [4.69, 9.17) is 19.7 Å². The van der Waals surface area contributed by atoms with Crippen LogP contribution in [-0.4, -0.2) is 62.5 Å². The van der Waals surface area contributed by atoms with E-state index in [0.29, 0.717) is 6.42 Å². The highest BCUT2D eigenvalue weighted by atomic mass is 16.7. The molecule has 0 spiro atoms. The smallest absolute Gasteiger partial charge is 0.342 e. The fraction of sp³-hybridized carbons (Fsp3) is 0.182. The van der Waals surface area contributed by atoms with E-state index in [0.717, 1.165) is 36.4 Å². The first kappa shape index (κ1) is 25.5. The van der Waals surface area contributed by atoms with Gasteiger partial charge in [0.2, 0.25) is 6.29 Å². The summed E-state index contributed by atoms with van der Waals surface area (Å²) in [5.74, 6) is -8.54. The number of ether oxygens (including phenoxy) is 2. The summed E-state index contributed by atoms with van der Waals surface area (Å²) in [5, 5.41) is 36.8. The molecule has 0 aromatic heterocycles. The Morgan fingerprint density at radius 1 is 0.647 bits per heavy atom. The molecule has 0 fully saturated rings. The minimum atomic E-state index is -1.62. The van der Waals surface area contributed by atoms with Crippen molar-refractivity contribution in [3.05, 3.63) is 69.8 Å². The van der Waals surface area contributed by atoms with Crippen molar-refractivity contribution in [3.63, 3.8) is 0 Å². The maximum absolute atomic E-state index is 12.6. The molecule has 0 heterocycles. The number of aromatic carboxylic acids is 4. The summed E-state index contributed by atoms with van der Waals surface area (Å²) < 4.78 is 10.1. The van der Waals surface area contributed by atoms with Gasteiger partial charge in [0.25, 0.3) is 0 Å². The minimum absolute atomic E-state index is 0.0838. The van der Waals surface area contributed by atoms with Crippen LogP contribution in [0.5, 0.6) is 0 Å². The van der Waals surface area contributed by atoms with Gasteiger partial charge < -0.3 is 29.9 Å². The van der Waals surface area contributed by atoms with Gasteiger partial charge in [0.15, 0.2) is 0 Å². The average molecular weight is 474 g/mol. The van der Waals surface area contributed by atoms with Crippen LogP contribution in [0.25, 0.3) is 0 Å². The van der Waals surface area contributed by atoms with E-state index < -0.39 is 75.5 Å². The molecule has 12 heteroatoms. The van der Waals surface area contributed by atoms with E-state index in [-0.39, 0.29) is 6.42 Å². The van der Waals surface area contributed by atoms with Gasteiger partial charge >= 0.3 is 35.8 Å². The third-order valence-electron chi connectivity index (χ3n) is 4.44. The van der Waals surface area contributed by atoms with Crippen LogP contribution < -0.4 is 0 Å². The molecule has 0 aliphatic carbocycles. The van der Waals surface area contributed by atoms with E-state index in [9.17, 15) is 39.0 Å². The number of carboxylic acids is 4. The Morgan fingerprint density at radius 3 is 1.32 bits per heavy atom. The molecule has 0 aliphatic rings. The van der Waals surface area contributed by atoms with Crippen LogP contribution in [0.1, 0.15) is 81.9 Å². The zero-order chi connectivity index (χ0) is 25.6. The van der Waals surface area contributed by atoms with Crippen LogP contribution in [0.4, 0.5) is 0 Å². The van der Waals surface area contributed by atoms with Gasteiger partial charge in [-0.1, -0.05) is 6.92 Å². The molecule has 0 atom stereocenters. The lowest BCUT2D eigenvalue weighted by Gasteiger charge is -2.19. The van der Waals surface area contributed by atoms with Gasteiger partial charge in [-0.25, -0.2) is 28.8 Å². The van der Waals surface area contributed by atoms with Crippen LogP contribution >= 0.6 is 0 Å². The van der Waals surface area contributed by atoms with Gasteiger partial charge in [-0.15, -0.1) is 0 Å². The molecule has 12 nitrogen and oxygen atoms in total. The van der Waals surface area contributed by atoms with Crippen molar-refractivity contribution in [2.45, 2.75) is 26.1 Å². The molecule has 0 unspecified atom stereocenters. The highest BCUT2D eigenvalue weighted by Gasteiger charge is 2.27. The Hall–Kier alpha value is -4.74. The Labute approximate surface area is 191 Å². The molecule has 0 saturated heterocycles. The predicted octanol–water partition coefficient (Wildman–Crippen LogP) is 2.62. The molecule has 0 bridgehead atoms. The van der Waals surface area contributed by atoms with Crippen molar-refractivity contribution in [2.75, 3.05) is 0 Å². The van der Waals surface area contributed by atoms with Gasteiger partial charge in [0.1, 0.15) is 0 Å². The lowest BCUT2D eigenvalue weighted by molar-refractivity contribution is -0.0832. The first-order chi connectivity index (χ1) is 16.0. The SMILES string of the molecule is CCCC(OC(=O)c1cc(C(=O)O)ccc1C(=O)O)OC(=O)c1cc(C(=O)O)ccc1C(=O)O. The lowest BCUT2D eigenvalue weighted by atomic mass is 10.0. The first-order valence-electron chi connectivity index (χ1n) is 9.59. The average Bonchev–Trinajstić information content (AvgIpc) is 2.77. The van der Waals surface area contributed by atoms with Crippen LogP contribution in [0.15, 0.2) is 36.4 Å². The van der Waals surface area contributed by atoms with Gasteiger partial charge in [0.05, 0.1) is 33.4 Å². The van der Waals surface area contributed by atoms with Crippen molar-refractivity contribution in [2.24, 2.45) is 0 Å². The molecule has 0 radical (unpaired) electrons. The molecular weight excluding hydrogens is 456 g/mol. The number of carbonyl (C=O) groups is 6. The third-order valence-corrected chi connectivity index (χ3v) is 4.44. The van der Waals surface area contributed by atoms with Gasteiger partial charge in [-0.05, 0) is 42.8 Å². The molecule has 178 valence electrons. The van der Waals surface area contributed by atoms with E-state index in [1.54, 1.807) is 6.92 Å². The Balaban J connectivity index is 2.37. The van der Waals surface area contributed by atoms with Crippen LogP contribution in [0.2, 0.25) is 0 Å². The quantitative estimate of drug-likeness (QED) is 0.290. The van der Waals surface area contributed by atoms with Crippen molar-refractivity contribution in [3.8, 4) is 0 Å². The molecule has 2 aromatic rings. The Kier molecular flexibility index (Phi) is 8.05. The predicted molar refractivity (Wildman–Crippen MR) is 110 cm³/mol. The number of hydrogen-bond acceptors (Lipinski definition) is 8. The van der Waals surface area contributed by atoms with E-state index >= 15 is 0 Å². The highest BCUT2D eigenvalue weighted by Crippen LogP contribution is 2.19. The second-order valence-corrected chi connectivity index (χ2v) is 6.77. The van der Waals surface area contributed by atoms with Gasteiger partial charge in [0, 0.05) is 6.42 Å². The molecule has 0 amide bonds. The Morgan fingerprint density at radius 2 is 1.03 bits per heavy atom. The molecule has 0 aliphatic heterocycles. The third kappa shape index (κ3) is 5.94. The monoisotopic (exact) mass is 474 g/mol. The number of esters is 2. The largest absolute Gasteiger partial charge is 0.478 e. The summed E-state index contributed by atoms with van der Waals surface area (Å²) in [6.07, 6.45) is -1.40. The molecular formula is C22H18O12. The van der Waals surface area contributed by atoms with E-state index in [2.05, 4.69) is 0 Å². The number of hydrogen-bond donors (Lipinski definition) is 4. The number of rotatable bonds is 10. The van der Waals surface area contributed by atoms with E-state index in [1.165, 1.54) is 0 Å². The van der Waals surface area contributed by atoms with Crippen molar-refractivity contribution in [1.82, 2.24) is 0 Å². The van der Waals surface area contributed by atoms with E-state index in [1.807, 2.05) is 0 Å². The minimum Gasteiger partial charge on any atom is -0.478 e. The van der Waals surface area contributed by atoms with Crippen molar-refractivity contribution < 1.29 is 58.7 Å². The maximum atomic E-state index is 12.6. The lowest BCUT2D eigenvalue weighted by Crippen LogP contribution is -2.27. The summed E-state index contributed by atoms with van der Waals surface area (Å²) in [5.41, 5.74) is -3.11. The molecule has 34 heavy (non-hydrogen) atoms. The molecule has 4 N–H and O–H groups in total. The summed E-state index contributed by atoms with van der Waals surface area (Å²) in [6.45, 7) is 1.64. The summed E-state index contributed by atoms with van der Waals surface area (Å²) in [6, 6.07) is 5.35. The second kappa shape index (κ2) is 10.7. The van der Waals surface area contributed by atoms with Crippen molar-refractivity contribution >= 4 is 35.8 Å². The molecule has 0 saturated carbocycles. The number of carboxylic acid groups (broad SMARTS) is 4. The molecule has 2 rings (SSSR count). The number of carbonyl (C=O) groups excluding carboxylic acids is 2. The van der Waals surface area contributed by atoms with Crippen LogP contribution in [0, 0.1) is 0 Å². The van der Waals surface area contributed by atoms with Gasteiger partial charge in [-0.2, -0.15) is 0 Å². The zero-order valence-electron chi connectivity index (χ0n) is 17.5. The number of benzene rings is 2. The Bertz CT molecular complexity index is 1090. The van der Waals surface area contributed by atoms with Gasteiger partial charge in [-0.3, -0.25) is 0 Å². The first-order valence-corrected chi connectivity index (χ1v) is 9.59. The summed E-state index contributed by atoms with van der Waals surface area (Å²) in [7, 11) is 0. The highest BCUT2D eigenvalue weighted by molar-refractivity contribution is 6.05. The second-order valence-electron chi connectivity index (χ2n) is 6.77. The normalized spacial score (nSPS) is 10.4. The zero-order valence-corrected chi connectivity index (χ0v) is 17.5. The summed E-state index contributed by atoms with van der Waals surface area (Å²) >= 11 is 0. The standard InChI is InChI=1S/C22H18O12/c1-2-3-16(33-21(31)14-8-10(17(23)24)4-6-12(14)19(27)28)34-22(32)15-9-11(18(25)26)5-7-13(15)20(29)30/h4-9,16H,2-3H2,1H3,(H,23,24)(H,25,26)(H,27,28)(H,29,30).